The lowest BCUT2D eigenvalue weighted by Gasteiger charge is -2.08. The van der Waals surface area contributed by atoms with Gasteiger partial charge in [0.2, 0.25) is 0 Å². The van der Waals surface area contributed by atoms with Crippen LogP contribution in [0.3, 0.4) is 0 Å². The van der Waals surface area contributed by atoms with Crippen LogP contribution < -0.4 is 5.73 Å². The van der Waals surface area contributed by atoms with Gasteiger partial charge < -0.3 is 10.3 Å². The van der Waals surface area contributed by atoms with Crippen molar-refractivity contribution < 1.29 is 0 Å². The van der Waals surface area contributed by atoms with Gasteiger partial charge in [0.25, 0.3) is 0 Å². The topological polar surface area (TPSA) is 43.8 Å². The van der Waals surface area contributed by atoms with Crippen LogP contribution in [-0.4, -0.2) is 9.55 Å². The normalized spacial score (nSPS) is 14.6. The van der Waals surface area contributed by atoms with Crippen LogP contribution in [0.2, 0.25) is 10.0 Å². The molecule has 0 saturated heterocycles. The first-order valence-electron chi connectivity index (χ1n) is 7.43. The number of imidazole rings is 1. The predicted molar refractivity (Wildman–Crippen MR) is 89.0 cm³/mol. The van der Waals surface area contributed by atoms with Crippen molar-refractivity contribution in [2.24, 2.45) is 0 Å². The highest BCUT2D eigenvalue weighted by Crippen LogP contribution is 2.42. The van der Waals surface area contributed by atoms with Gasteiger partial charge in [-0.3, -0.25) is 0 Å². The van der Waals surface area contributed by atoms with E-state index >= 15 is 0 Å². The molecule has 2 aromatic rings. The molecule has 3 nitrogen and oxygen atoms in total. The lowest BCUT2D eigenvalue weighted by molar-refractivity contribution is 0.609. The maximum Gasteiger partial charge on any atom is 0.131 e. The number of nitrogens with two attached hydrogens (primary N) is 1. The Balaban J connectivity index is 2.03. The number of benzene rings is 1. The van der Waals surface area contributed by atoms with Crippen molar-refractivity contribution in [3.05, 3.63) is 34.1 Å². The molecule has 1 aliphatic carbocycles. The Morgan fingerprint density at radius 1 is 1.29 bits per heavy atom. The first-order chi connectivity index (χ1) is 10.1. The van der Waals surface area contributed by atoms with Gasteiger partial charge in [-0.25, -0.2) is 4.98 Å². The van der Waals surface area contributed by atoms with Crippen molar-refractivity contribution >= 4 is 29.0 Å². The maximum absolute atomic E-state index is 6.36. The van der Waals surface area contributed by atoms with Crippen molar-refractivity contribution in [2.75, 3.05) is 5.73 Å². The molecule has 3 rings (SSSR count). The summed E-state index contributed by atoms with van der Waals surface area (Å²) < 4.78 is 2.18. The first-order valence-corrected chi connectivity index (χ1v) is 8.18. The highest BCUT2D eigenvalue weighted by Gasteiger charge is 2.30. The first kappa shape index (κ1) is 14.7. The summed E-state index contributed by atoms with van der Waals surface area (Å²) in [6.07, 6.45) is 4.68. The van der Waals surface area contributed by atoms with Crippen LogP contribution in [0.25, 0.3) is 11.3 Å². The van der Waals surface area contributed by atoms with Crippen molar-refractivity contribution in [3.8, 4) is 11.3 Å². The second kappa shape index (κ2) is 5.90. The number of hydrogen-bond donors (Lipinski definition) is 1. The number of anilines is 1. The van der Waals surface area contributed by atoms with Crippen LogP contribution in [-0.2, 0) is 6.54 Å². The van der Waals surface area contributed by atoms with Crippen molar-refractivity contribution in [2.45, 2.75) is 45.1 Å². The van der Waals surface area contributed by atoms with E-state index in [0.717, 1.165) is 42.3 Å². The SMILES string of the molecule is CCCCn1c(C2CC2)nc(-c2ccc(Cl)c(Cl)c2)c1N. The quantitative estimate of drug-likeness (QED) is 0.830. The number of aromatic nitrogens is 2. The van der Waals surface area contributed by atoms with Gasteiger partial charge in [0.15, 0.2) is 0 Å². The molecule has 0 aliphatic heterocycles. The third-order valence-electron chi connectivity index (χ3n) is 3.91. The third kappa shape index (κ3) is 2.90. The molecule has 112 valence electrons. The van der Waals surface area contributed by atoms with E-state index in [1.165, 1.54) is 12.8 Å². The van der Waals surface area contributed by atoms with E-state index in [2.05, 4.69) is 11.5 Å². The molecule has 1 aromatic heterocycles. The number of unbranched alkanes of at least 4 members (excludes halogenated alkanes) is 1. The van der Waals surface area contributed by atoms with E-state index in [-0.39, 0.29) is 0 Å². The Morgan fingerprint density at radius 2 is 2.05 bits per heavy atom. The third-order valence-corrected chi connectivity index (χ3v) is 4.65. The molecule has 1 fully saturated rings. The van der Waals surface area contributed by atoms with Gasteiger partial charge in [0, 0.05) is 18.0 Å². The number of hydrogen-bond acceptors (Lipinski definition) is 2. The molecular formula is C16H19Cl2N3. The summed E-state index contributed by atoms with van der Waals surface area (Å²) in [4.78, 5) is 4.80. The minimum Gasteiger partial charge on any atom is -0.383 e. The molecule has 0 unspecified atom stereocenters. The molecule has 0 bridgehead atoms. The average molecular weight is 324 g/mol. The van der Waals surface area contributed by atoms with E-state index < -0.39 is 0 Å². The Hall–Kier alpha value is -1.19. The van der Waals surface area contributed by atoms with Crippen LogP contribution >= 0.6 is 23.2 Å². The van der Waals surface area contributed by atoms with Gasteiger partial charge in [0.05, 0.1) is 10.0 Å². The number of nitrogen functional groups attached to an aromatic ring is 1. The fraction of sp³-hybridized carbons (Fsp3) is 0.438. The molecule has 0 atom stereocenters. The summed E-state index contributed by atoms with van der Waals surface area (Å²) in [5, 5.41) is 1.08. The zero-order valence-corrected chi connectivity index (χ0v) is 13.6. The standard InChI is InChI=1S/C16H19Cl2N3/c1-2-3-8-21-15(19)14(20-16(21)10-4-5-10)11-6-7-12(17)13(18)9-11/h6-7,9-10H,2-5,8,19H2,1H3. The maximum atomic E-state index is 6.36. The Bertz CT molecular complexity index is 660. The largest absolute Gasteiger partial charge is 0.383 e. The molecule has 21 heavy (non-hydrogen) atoms. The summed E-state index contributed by atoms with van der Waals surface area (Å²) in [6, 6.07) is 5.55. The van der Waals surface area contributed by atoms with Crippen molar-refractivity contribution in [1.29, 1.82) is 0 Å². The molecular weight excluding hydrogens is 305 g/mol. The van der Waals surface area contributed by atoms with Crippen molar-refractivity contribution in [3.63, 3.8) is 0 Å². The number of halogens is 2. The van der Waals surface area contributed by atoms with E-state index in [4.69, 9.17) is 33.9 Å². The van der Waals surface area contributed by atoms with E-state index in [1.807, 2.05) is 12.1 Å². The molecule has 5 heteroatoms. The second-order valence-electron chi connectivity index (χ2n) is 5.61. The summed E-state index contributed by atoms with van der Waals surface area (Å²) >= 11 is 12.1. The smallest absolute Gasteiger partial charge is 0.131 e. The fourth-order valence-corrected chi connectivity index (χ4v) is 2.84. The highest BCUT2D eigenvalue weighted by atomic mass is 35.5. The summed E-state index contributed by atoms with van der Waals surface area (Å²) in [5.41, 5.74) is 8.11. The van der Waals surface area contributed by atoms with Crippen LogP contribution in [0.15, 0.2) is 18.2 Å². The lowest BCUT2D eigenvalue weighted by atomic mass is 10.1. The summed E-state index contributed by atoms with van der Waals surface area (Å²) in [5.74, 6) is 2.44. The minimum atomic E-state index is 0.532. The van der Waals surface area contributed by atoms with E-state index in [1.54, 1.807) is 6.07 Å². The zero-order valence-electron chi connectivity index (χ0n) is 12.1. The van der Waals surface area contributed by atoms with Gasteiger partial charge in [0.1, 0.15) is 17.3 Å². The second-order valence-corrected chi connectivity index (χ2v) is 6.43. The molecule has 0 amide bonds. The summed E-state index contributed by atoms with van der Waals surface area (Å²) in [6.45, 7) is 3.12. The Kier molecular flexibility index (Phi) is 4.14. The van der Waals surface area contributed by atoms with Gasteiger partial charge in [-0.2, -0.15) is 0 Å². The highest BCUT2D eigenvalue weighted by molar-refractivity contribution is 6.42. The molecule has 1 aromatic carbocycles. The van der Waals surface area contributed by atoms with Crippen LogP contribution in [0, 0.1) is 0 Å². The van der Waals surface area contributed by atoms with Crippen LogP contribution in [0.1, 0.15) is 44.3 Å². The van der Waals surface area contributed by atoms with Gasteiger partial charge in [-0.05, 0) is 31.4 Å². The molecule has 0 radical (unpaired) electrons. The fourth-order valence-electron chi connectivity index (χ4n) is 2.54. The molecule has 1 saturated carbocycles. The molecule has 1 heterocycles. The minimum absolute atomic E-state index is 0.532. The number of rotatable bonds is 5. The van der Waals surface area contributed by atoms with Crippen LogP contribution in [0.5, 0.6) is 0 Å². The van der Waals surface area contributed by atoms with Crippen molar-refractivity contribution in [1.82, 2.24) is 9.55 Å². The summed E-state index contributed by atoms with van der Waals surface area (Å²) in [7, 11) is 0. The zero-order chi connectivity index (χ0) is 15.0. The van der Waals surface area contributed by atoms with Crippen LogP contribution in [0.4, 0.5) is 5.82 Å². The molecule has 2 N–H and O–H groups in total. The van der Waals surface area contributed by atoms with Gasteiger partial charge in [-0.1, -0.05) is 42.6 Å². The number of nitrogens with zero attached hydrogens (tertiary/aromatic N) is 2. The monoisotopic (exact) mass is 323 g/mol. The predicted octanol–water partition coefficient (Wildman–Crippen LogP) is 5.12. The molecule has 0 spiro atoms. The lowest BCUT2D eigenvalue weighted by Crippen LogP contribution is -2.06. The Labute approximate surface area is 135 Å². The molecule has 1 aliphatic rings. The van der Waals surface area contributed by atoms with Gasteiger partial charge in [-0.15, -0.1) is 0 Å². The van der Waals surface area contributed by atoms with Gasteiger partial charge >= 0.3 is 0 Å². The van der Waals surface area contributed by atoms with E-state index in [0.29, 0.717) is 16.0 Å². The Morgan fingerprint density at radius 3 is 2.67 bits per heavy atom. The van der Waals surface area contributed by atoms with E-state index in [9.17, 15) is 0 Å². The average Bonchev–Trinajstić information content (AvgIpc) is 3.25.